The number of aryl methyl sites for hydroxylation is 1. The Morgan fingerprint density at radius 2 is 2.00 bits per heavy atom. The third kappa shape index (κ3) is 2.63. The van der Waals surface area contributed by atoms with Crippen molar-refractivity contribution in [3.8, 4) is 17.4 Å². The highest BCUT2D eigenvalue weighted by Gasteiger charge is 2.07. The number of ether oxygens (including phenoxy) is 2. The average molecular weight is 230 g/mol. The van der Waals surface area contributed by atoms with Gasteiger partial charge in [0.25, 0.3) is 0 Å². The average Bonchev–Trinajstić information content (AvgIpc) is 2.31. The van der Waals surface area contributed by atoms with E-state index < -0.39 is 0 Å². The lowest BCUT2D eigenvalue weighted by Crippen LogP contribution is -1.94. The van der Waals surface area contributed by atoms with Gasteiger partial charge in [-0.25, -0.2) is 4.98 Å². The normalized spacial score (nSPS) is 10.0. The van der Waals surface area contributed by atoms with Crippen LogP contribution >= 0.6 is 0 Å². The van der Waals surface area contributed by atoms with Crippen LogP contribution in [0.25, 0.3) is 0 Å². The lowest BCUT2D eigenvalue weighted by atomic mass is 10.3. The second-order valence-electron chi connectivity index (χ2n) is 3.41. The monoisotopic (exact) mass is 230 g/mol. The lowest BCUT2D eigenvalue weighted by molar-refractivity contribution is 0.373. The van der Waals surface area contributed by atoms with Crippen LogP contribution in [0, 0.1) is 6.92 Å². The smallest absolute Gasteiger partial charge is 0.222 e. The van der Waals surface area contributed by atoms with E-state index in [2.05, 4.69) is 9.97 Å². The van der Waals surface area contributed by atoms with Crippen molar-refractivity contribution in [1.29, 1.82) is 0 Å². The molecule has 0 saturated heterocycles. The zero-order chi connectivity index (χ0) is 12.3. The van der Waals surface area contributed by atoms with Crippen LogP contribution in [-0.4, -0.2) is 17.1 Å². The van der Waals surface area contributed by atoms with E-state index in [1.165, 1.54) is 7.11 Å². The Bertz CT molecular complexity index is 529. The Kier molecular flexibility index (Phi) is 3.09. The number of rotatable bonds is 3. The van der Waals surface area contributed by atoms with Crippen molar-refractivity contribution in [2.75, 3.05) is 7.11 Å². The SMILES string of the molecule is COc1cc([NH])ccc1Oc1ccnc(C)n1. The first kappa shape index (κ1) is 11.2. The van der Waals surface area contributed by atoms with Gasteiger partial charge >= 0.3 is 0 Å². The molecule has 5 heteroatoms. The highest BCUT2D eigenvalue weighted by Crippen LogP contribution is 2.32. The topological polar surface area (TPSA) is 68.0 Å². The maximum atomic E-state index is 7.49. The van der Waals surface area contributed by atoms with E-state index in [1.54, 1.807) is 37.4 Å². The highest BCUT2D eigenvalue weighted by atomic mass is 16.5. The largest absolute Gasteiger partial charge is 0.493 e. The van der Waals surface area contributed by atoms with Crippen molar-refractivity contribution >= 4 is 5.69 Å². The van der Waals surface area contributed by atoms with Gasteiger partial charge in [-0.05, 0) is 19.1 Å². The number of nitrogens with zero attached hydrogens (tertiary/aromatic N) is 2. The molecule has 0 aliphatic carbocycles. The van der Waals surface area contributed by atoms with Crippen LogP contribution in [0.2, 0.25) is 0 Å². The first-order valence-electron chi connectivity index (χ1n) is 5.06. The molecule has 0 atom stereocenters. The van der Waals surface area contributed by atoms with Gasteiger partial charge in [0.05, 0.1) is 12.8 Å². The van der Waals surface area contributed by atoms with Crippen LogP contribution in [0.5, 0.6) is 17.4 Å². The zero-order valence-corrected chi connectivity index (χ0v) is 9.60. The van der Waals surface area contributed by atoms with E-state index in [1.807, 2.05) is 0 Å². The molecule has 0 unspecified atom stereocenters. The fourth-order valence-corrected chi connectivity index (χ4v) is 1.36. The van der Waals surface area contributed by atoms with Gasteiger partial charge < -0.3 is 15.2 Å². The first-order chi connectivity index (χ1) is 8.19. The molecule has 87 valence electrons. The summed E-state index contributed by atoms with van der Waals surface area (Å²) in [6, 6.07) is 6.56. The molecule has 0 saturated carbocycles. The van der Waals surface area contributed by atoms with Crippen LogP contribution in [0.15, 0.2) is 30.5 Å². The van der Waals surface area contributed by atoms with Gasteiger partial charge in [0, 0.05) is 18.3 Å². The summed E-state index contributed by atoms with van der Waals surface area (Å²) in [5, 5.41) is 0. The lowest BCUT2D eigenvalue weighted by Gasteiger charge is -2.09. The minimum atomic E-state index is 0.369. The molecule has 0 spiro atoms. The standard InChI is InChI=1S/C12H12N3O2/c1-8-14-6-5-12(15-8)17-10-4-3-9(13)7-11(10)16-2/h3-7,13H,1-2H3. The second kappa shape index (κ2) is 4.69. The molecule has 0 bridgehead atoms. The summed E-state index contributed by atoms with van der Waals surface area (Å²) < 4.78 is 10.7. The van der Waals surface area contributed by atoms with Crippen LogP contribution in [-0.2, 0) is 0 Å². The molecule has 1 radical (unpaired) electrons. The number of nitrogens with one attached hydrogen (secondary N) is 1. The van der Waals surface area contributed by atoms with Crippen molar-refractivity contribution in [3.05, 3.63) is 36.3 Å². The van der Waals surface area contributed by atoms with Crippen molar-refractivity contribution in [2.24, 2.45) is 0 Å². The predicted octanol–water partition coefficient (Wildman–Crippen LogP) is 2.50. The minimum Gasteiger partial charge on any atom is -0.493 e. The molecule has 1 aromatic heterocycles. The van der Waals surface area contributed by atoms with Crippen LogP contribution in [0.4, 0.5) is 5.69 Å². The molecule has 1 N–H and O–H groups in total. The van der Waals surface area contributed by atoms with Crippen LogP contribution in [0.3, 0.4) is 0 Å². The van der Waals surface area contributed by atoms with Crippen molar-refractivity contribution in [1.82, 2.24) is 15.7 Å². The molecule has 0 aliphatic heterocycles. The van der Waals surface area contributed by atoms with Gasteiger partial charge in [0.1, 0.15) is 5.82 Å². The maximum Gasteiger partial charge on any atom is 0.222 e. The summed E-state index contributed by atoms with van der Waals surface area (Å²) in [5.74, 6) is 2.13. The Hall–Kier alpha value is -2.30. The Labute approximate surface area is 99.2 Å². The minimum absolute atomic E-state index is 0.369. The quantitative estimate of drug-likeness (QED) is 0.812. The fraction of sp³-hybridized carbons (Fsp3) is 0.167. The van der Waals surface area contributed by atoms with Crippen molar-refractivity contribution < 1.29 is 9.47 Å². The first-order valence-corrected chi connectivity index (χ1v) is 5.06. The number of hydrogen-bond acceptors (Lipinski definition) is 4. The third-order valence-corrected chi connectivity index (χ3v) is 2.13. The molecule has 0 amide bonds. The number of hydrogen-bond donors (Lipinski definition) is 0. The summed E-state index contributed by atoms with van der Waals surface area (Å²) in [6.07, 6.45) is 1.63. The van der Waals surface area contributed by atoms with Crippen LogP contribution < -0.4 is 15.2 Å². The van der Waals surface area contributed by atoms with Gasteiger partial charge in [-0.15, -0.1) is 0 Å². The number of benzene rings is 1. The molecule has 5 nitrogen and oxygen atoms in total. The van der Waals surface area contributed by atoms with Gasteiger partial charge in [-0.3, -0.25) is 0 Å². The Balaban J connectivity index is 2.29. The summed E-state index contributed by atoms with van der Waals surface area (Å²) in [4.78, 5) is 8.12. The van der Waals surface area contributed by atoms with Gasteiger partial charge in [-0.1, -0.05) is 0 Å². The molecular weight excluding hydrogens is 218 g/mol. The molecule has 0 aliphatic rings. The third-order valence-electron chi connectivity index (χ3n) is 2.13. The molecular formula is C12H12N3O2. The number of aromatic nitrogens is 2. The van der Waals surface area contributed by atoms with E-state index in [-0.39, 0.29) is 0 Å². The predicted molar refractivity (Wildman–Crippen MR) is 62.6 cm³/mol. The van der Waals surface area contributed by atoms with Gasteiger partial charge in [-0.2, -0.15) is 4.98 Å². The van der Waals surface area contributed by atoms with E-state index in [4.69, 9.17) is 15.2 Å². The van der Waals surface area contributed by atoms with E-state index >= 15 is 0 Å². The highest BCUT2D eigenvalue weighted by molar-refractivity contribution is 5.51. The van der Waals surface area contributed by atoms with E-state index in [0.717, 1.165) is 0 Å². The van der Waals surface area contributed by atoms with E-state index in [9.17, 15) is 0 Å². The van der Waals surface area contributed by atoms with Crippen molar-refractivity contribution in [2.45, 2.75) is 6.92 Å². The summed E-state index contributed by atoms with van der Waals surface area (Å²) >= 11 is 0. The molecule has 2 rings (SSSR count). The zero-order valence-electron chi connectivity index (χ0n) is 9.60. The van der Waals surface area contributed by atoms with Gasteiger partial charge in [0.15, 0.2) is 11.5 Å². The molecule has 1 heterocycles. The summed E-state index contributed by atoms with van der Waals surface area (Å²) in [5.41, 5.74) is 7.86. The van der Waals surface area contributed by atoms with Crippen LogP contribution in [0.1, 0.15) is 5.82 Å². The number of methoxy groups -OCH3 is 1. The molecule has 1 aromatic carbocycles. The maximum absolute atomic E-state index is 7.49. The Morgan fingerprint density at radius 1 is 1.18 bits per heavy atom. The summed E-state index contributed by atoms with van der Waals surface area (Å²) in [7, 11) is 1.53. The second-order valence-corrected chi connectivity index (χ2v) is 3.41. The fourth-order valence-electron chi connectivity index (χ4n) is 1.36. The van der Waals surface area contributed by atoms with E-state index in [0.29, 0.717) is 28.9 Å². The Morgan fingerprint density at radius 3 is 2.71 bits per heavy atom. The van der Waals surface area contributed by atoms with Gasteiger partial charge in [0.2, 0.25) is 5.88 Å². The summed E-state index contributed by atoms with van der Waals surface area (Å²) in [6.45, 7) is 1.79. The molecule has 0 fully saturated rings. The molecule has 17 heavy (non-hydrogen) atoms. The van der Waals surface area contributed by atoms with Crippen molar-refractivity contribution in [3.63, 3.8) is 0 Å². The molecule has 2 aromatic rings.